The van der Waals surface area contributed by atoms with Crippen LogP contribution >= 0.6 is 0 Å². The Morgan fingerprint density at radius 1 is 0.559 bits per heavy atom. The van der Waals surface area contributed by atoms with Crippen molar-refractivity contribution in [2.75, 3.05) is 26.4 Å². The molecule has 4 aliphatic heterocycles. The molecule has 0 atom stereocenters. The average molecular weight is 908 g/mol. The summed E-state index contributed by atoms with van der Waals surface area (Å²) in [5.41, 5.74) is 21.3. The summed E-state index contributed by atoms with van der Waals surface area (Å²) >= 11 is 0. The number of halogens is 2. The molecule has 10 nitrogen and oxygen atoms in total. The molecule has 2 aromatic heterocycles. The molecule has 2 saturated heterocycles. The number of aromatic nitrogens is 2. The van der Waals surface area contributed by atoms with E-state index >= 15 is 0 Å². The third-order valence-corrected chi connectivity index (χ3v) is 13.8. The van der Waals surface area contributed by atoms with Crippen molar-refractivity contribution in [3.05, 3.63) is 178 Å². The lowest BCUT2D eigenvalue weighted by atomic mass is 9.89. The number of benzene rings is 6. The van der Waals surface area contributed by atoms with E-state index in [4.69, 9.17) is 15.2 Å². The zero-order valence-electron chi connectivity index (χ0n) is 37.1. The first kappa shape index (κ1) is 43.1. The number of ether oxygens (including phenoxy) is 2. The summed E-state index contributed by atoms with van der Waals surface area (Å²) < 4.78 is 43.5. The van der Waals surface area contributed by atoms with Crippen LogP contribution in [0.1, 0.15) is 91.9 Å². The predicted octanol–water partition coefficient (Wildman–Crippen LogP) is 11.3. The van der Waals surface area contributed by atoms with Crippen molar-refractivity contribution in [3.8, 4) is 33.6 Å². The van der Waals surface area contributed by atoms with Gasteiger partial charge in [-0.1, -0.05) is 24.3 Å². The second-order valence-corrected chi connectivity index (χ2v) is 17.8. The first-order valence-corrected chi connectivity index (χ1v) is 23.0. The van der Waals surface area contributed by atoms with Gasteiger partial charge in [0.05, 0.1) is 29.7 Å². The van der Waals surface area contributed by atoms with Gasteiger partial charge in [0.15, 0.2) is 0 Å². The Bertz CT molecular complexity index is 3080. The second kappa shape index (κ2) is 17.9. The molecular weight excluding hydrogens is 861 g/mol. The molecule has 0 saturated carbocycles. The molecule has 0 aliphatic carbocycles. The van der Waals surface area contributed by atoms with Crippen molar-refractivity contribution in [2.24, 2.45) is 15.7 Å². The number of carboxylic acids is 1. The maximum atomic E-state index is 13.8. The van der Waals surface area contributed by atoms with E-state index in [1.54, 1.807) is 24.3 Å². The van der Waals surface area contributed by atoms with Crippen molar-refractivity contribution in [3.63, 3.8) is 0 Å². The number of carbonyl (C=O) groups is 2. The molecule has 0 radical (unpaired) electrons. The number of primary amides is 1. The Morgan fingerprint density at radius 2 is 0.956 bits per heavy atom. The van der Waals surface area contributed by atoms with E-state index in [-0.39, 0.29) is 29.0 Å². The van der Waals surface area contributed by atoms with Gasteiger partial charge in [0, 0.05) is 101 Å². The SMILES string of the molecule is NC(=O)c1ccc(-c2c(C3CCOCC3)n(-c3ccc(F)cc3)c3cc4c(cc23)CN=C4)cc1.O=C(O)c1ccc(-c2c(C3CCOCC3)n(-c3ccc(F)cc3)c3cc4c(cc23)CN=C4)cc1. The van der Waals surface area contributed by atoms with Gasteiger partial charge in [-0.3, -0.25) is 14.8 Å². The van der Waals surface area contributed by atoms with Crippen molar-refractivity contribution in [1.82, 2.24) is 9.13 Å². The van der Waals surface area contributed by atoms with E-state index in [1.165, 1.54) is 41.1 Å². The Hall–Kier alpha value is -7.54. The number of nitrogens with two attached hydrogens (primary N) is 1. The van der Waals surface area contributed by atoms with Gasteiger partial charge in [-0.15, -0.1) is 0 Å². The Labute approximate surface area is 391 Å². The number of carboxylic acid groups (broad SMARTS) is 1. The first-order valence-electron chi connectivity index (χ1n) is 23.0. The molecule has 0 bridgehead atoms. The first-order chi connectivity index (χ1) is 33.2. The van der Waals surface area contributed by atoms with E-state index in [0.717, 1.165) is 97.9 Å². The lowest BCUT2D eigenvalue weighted by Gasteiger charge is -2.26. The maximum absolute atomic E-state index is 13.8. The monoisotopic (exact) mass is 907 g/mol. The van der Waals surface area contributed by atoms with E-state index in [0.29, 0.717) is 45.1 Å². The van der Waals surface area contributed by atoms with Crippen LogP contribution in [0.15, 0.2) is 131 Å². The van der Waals surface area contributed by atoms with E-state index in [1.807, 2.05) is 61.0 Å². The molecule has 8 aromatic rings. The molecule has 4 aliphatic rings. The summed E-state index contributed by atoms with van der Waals surface area (Å²) in [6, 6.07) is 36.7. The number of hydrogen-bond acceptors (Lipinski definition) is 6. The van der Waals surface area contributed by atoms with Crippen LogP contribution in [0.25, 0.3) is 55.4 Å². The molecular formula is C56H47F2N5O5. The molecule has 0 spiro atoms. The summed E-state index contributed by atoms with van der Waals surface area (Å²) in [7, 11) is 0. The maximum Gasteiger partial charge on any atom is 0.335 e. The topological polar surface area (TPSA) is 133 Å². The number of carbonyl (C=O) groups excluding carboxylic acids is 1. The summed E-state index contributed by atoms with van der Waals surface area (Å²) in [4.78, 5) is 32.0. The van der Waals surface area contributed by atoms with Crippen molar-refractivity contribution < 1.29 is 33.0 Å². The van der Waals surface area contributed by atoms with Crippen LogP contribution in [0.3, 0.4) is 0 Å². The summed E-state index contributed by atoms with van der Waals surface area (Å²) in [6.07, 6.45) is 7.42. The largest absolute Gasteiger partial charge is 0.478 e. The van der Waals surface area contributed by atoms with Crippen LogP contribution in [0.5, 0.6) is 0 Å². The minimum absolute atomic E-state index is 0.254. The Balaban J connectivity index is 0.000000149. The standard InChI is InChI=1S/C28H24FN3O2.C28H23FN2O3/c29-22-5-7-23(8-6-22)32-25-14-21-16-31-15-20(21)13-24(25)26(27(32)18-9-11-34-12-10-18)17-1-3-19(4-2-17)28(30)33;29-22-5-7-23(8-6-22)31-25-14-21-16-30-15-20(21)13-24(25)26(27(31)18-9-11-34-12-10-18)17-1-3-19(4-2-17)28(32)33/h1-8,13-14,16,18H,9-12,15H2,(H2,30,33);1-8,13-14,16,18H,9-12,15H2,(H,32,33). The molecule has 2 fully saturated rings. The molecule has 6 heterocycles. The lowest BCUT2D eigenvalue weighted by molar-refractivity contribution is 0.0696. The van der Waals surface area contributed by atoms with Crippen LogP contribution in [-0.2, 0) is 22.6 Å². The fourth-order valence-corrected chi connectivity index (χ4v) is 10.5. The number of amides is 1. The highest BCUT2D eigenvalue weighted by atomic mass is 19.1. The minimum Gasteiger partial charge on any atom is -0.478 e. The van der Waals surface area contributed by atoms with E-state index < -0.39 is 11.9 Å². The molecule has 1 amide bonds. The van der Waals surface area contributed by atoms with Gasteiger partial charge in [-0.25, -0.2) is 13.6 Å². The lowest BCUT2D eigenvalue weighted by Crippen LogP contribution is -2.17. The van der Waals surface area contributed by atoms with Crippen LogP contribution in [-0.4, -0.2) is 65.0 Å². The number of aliphatic imine (C=N–C) groups is 2. The summed E-state index contributed by atoms with van der Waals surface area (Å²) in [5, 5.41) is 11.6. The highest BCUT2D eigenvalue weighted by molar-refractivity contribution is 6.05. The zero-order chi connectivity index (χ0) is 46.5. The minimum atomic E-state index is -0.945. The van der Waals surface area contributed by atoms with Gasteiger partial charge in [0.25, 0.3) is 0 Å². The zero-order valence-corrected chi connectivity index (χ0v) is 37.1. The van der Waals surface area contributed by atoms with Gasteiger partial charge in [0.1, 0.15) is 11.6 Å². The number of aromatic carboxylic acids is 1. The number of rotatable bonds is 8. The summed E-state index contributed by atoms with van der Waals surface area (Å²) in [6.45, 7) is 4.11. The fraction of sp³-hybridized carbons (Fsp3) is 0.214. The van der Waals surface area contributed by atoms with Gasteiger partial charge in [-0.2, -0.15) is 0 Å². The van der Waals surface area contributed by atoms with Gasteiger partial charge in [0.2, 0.25) is 5.91 Å². The number of hydrogen-bond donors (Lipinski definition) is 2. The highest BCUT2D eigenvalue weighted by Crippen LogP contribution is 2.46. The van der Waals surface area contributed by atoms with Crippen molar-refractivity contribution >= 4 is 46.1 Å². The predicted molar refractivity (Wildman–Crippen MR) is 261 cm³/mol. The molecule has 0 unspecified atom stereocenters. The highest BCUT2D eigenvalue weighted by Gasteiger charge is 2.31. The van der Waals surface area contributed by atoms with Crippen LogP contribution in [0.2, 0.25) is 0 Å². The number of fused-ring (bicyclic) bond motifs is 4. The van der Waals surface area contributed by atoms with Gasteiger partial charge >= 0.3 is 5.97 Å². The molecule has 6 aromatic carbocycles. The molecule has 68 heavy (non-hydrogen) atoms. The van der Waals surface area contributed by atoms with Gasteiger partial charge in [-0.05, 0) is 156 Å². The van der Waals surface area contributed by atoms with E-state index in [2.05, 4.69) is 43.4 Å². The number of nitrogens with zero attached hydrogens (tertiary/aromatic N) is 4. The van der Waals surface area contributed by atoms with Crippen LogP contribution in [0, 0.1) is 11.6 Å². The quantitative estimate of drug-likeness (QED) is 0.157. The Kier molecular flexibility index (Phi) is 11.4. The molecule has 12 rings (SSSR count). The Morgan fingerprint density at radius 3 is 1.34 bits per heavy atom. The normalized spacial score (nSPS) is 15.7. The smallest absolute Gasteiger partial charge is 0.335 e. The van der Waals surface area contributed by atoms with Crippen molar-refractivity contribution in [2.45, 2.75) is 50.6 Å². The fourth-order valence-electron chi connectivity index (χ4n) is 10.5. The second-order valence-electron chi connectivity index (χ2n) is 17.8. The summed E-state index contributed by atoms with van der Waals surface area (Å²) in [5.74, 6) is -1.39. The average Bonchev–Trinajstić information content (AvgIpc) is 4.17. The van der Waals surface area contributed by atoms with Crippen molar-refractivity contribution in [1.29, 1.82) is 0 Å². The molecule has 3 N–H and O–H groups in total. The third kappa shape index (κ3) is 7.88. The van der Waals surface area contributed by atoms with E-state index in [9.17, 15) is 23.5 Å². The van der Waals surface area contributed by atoms with Gasteiger partial charge < -0.3 is 29.4 Å². The molecule has 12 heteroatoms. The van der Waals surface area contributed by atoms with Crippen LogP contribution < -0.4 is 5.73 Å². The third-order valence-electron chi connectivity index (χ3n) is 13.8. The molecule has 340 valence electrons. The van der Waals surface area contributed by atoms with Crippen LogP contribution in [0.4, 0.5) is 8.78 Å².